The Kier molecular flexibility index (Phi) is 7.39. The fourth-order valence-electron chi connectivity index (χ4n) is 1.63. The fraction of sp³-hybridized carbons (Fsp3) is 0.438. The monoisotopic (exact) mass is 367 g/mol. The van der Waals surface area contributed by atoms with Crippen LogP contribution in [-0.4, -0.2) is 27.1 Å². The van der Waals surface area contributed by atoms with Gasteiger partial charge >= 0.3 is 0 Å². The van der Waals surface area contributed by atoms with E-state index in [9.17, 15) is 4.79 Å². The van der Waals surface area contributed by atoms with E-state index in [0.717, 1.165) is 15.8 Å². The Morgan fingerprint density at radius 3 is 2.65 bits per heavy atom. The van der Waals surface area contributed by atoms with E-state index in [1.807, 2.05) is 25.1 Å². The highest BCUT2D eigenvalue weighted by Crippen LogP contribution is 2.27. The van der Waals surface area contributed by atoms with Crippen molar-refractivity contribution in [2.75, 3.05) is 11.1 Å². The van der Waals surface area contributed by atoms with Crippen molar-refractivity contribution >= 4 is 45.9 Å². The van der Waals surface area contributed by atoms with Crippen molar-refractivity contribution in [3.63, 3.8) is 0 Å². The van der Waals surface area contributed by atoms with E-state index < -0.39 is 0 Å². The summed E-state index contributed by atoms with van der Waals surface area (Å²) in [5, 5.41) is 11.4. The van der Waals surface area contributed by atoms with Gasteiger partial charge in [0.2, 0.25) is 11.0 Å². The highest BCUT2D eigenvalue weighted by molar-refractivity contribution is 8.01. The van der Waals surface area contributed by atoms with Crippen molar-refractivity contribution in [2.45, 2.75) is 36.1 Å². The first-order valence-electron chi connectivity index (χ1n) is 7.47. The Morgan fingerprint density at radius 2 is 1.96 bits per heavy atom. The van der Waals surface area contributed by atoms with Gasteiger partial charge in [-0.3, -0.25) is 10.1 Å². The van der Waals surface area contributed by atoms with Crippen LogP contribution in [0, 0.1) is 5.92 Å². The van der Waals surface area contributed by atoms with Crippen LogP contribution in [0.4, 0.5) is 5.13 Å². The summed E-state index contributed by atoms with van der Waals surface area (Å²) in [4.78, 5) is 12.2. The molecule has 23 heavy (non-hydrogen) atoms. The van der Waals surface area contributed by atoms with E-state index in [1.165, 1.54) is 16.9 Å². The SMILES string of the molecule is CC(C)CSc1nnc(NC(=O)[C@H](C)SCc2ccccc2)s1. The summed E-state index contributed by atoms with van der Waals surface area (Å²) in [5.41, 5.74) is 1.22. The van der Waals surface area contributed by atoms with Crippen LogP contribution >= 0.6 is 34.9 Å². The van der Waals surface area contributed by atoms with Gasteiger partial charge < -0.3 is 0 Å². The molecule has 1 heterocycles. The van der Waals surface area contributed by atoms with Gasteiger partial charge in [-0.05, 0) is 18.4 Å². The summed E-state index contributed by atoms with van der Waals surface area (Å²) in [5.74, 6) is 2.41. The first kappa shape index (κ1) is 18.3. The van der Waals surface area contributed by atoms with Gasteiger partial charge in [-0.2, -0.15) is 0 Å². The van der Waals surface area contributed by atoms with Crippen molar-refractivity contribution in [3.8, 4) is 0 Å². The third kappa shape index (κ3) is 6.53. The molecule has 0 spiro atoms. The summed E-state index contributed by atoms with van der Waals surface area (Å²) in [6.07, 6.45) is 0. The second-order valence-corrected chi connectivity index (χ2v) is 9.08. The molecule has 0 fully saturated rings. The highest BCUT2D eigenvalue weighted by Gasteiger charge is 2.16. The van der Waals surface area contributed by atoms with Gasteiger partial charge in [-0.1, -0.05) is 67.3 Å². The molecule has 0 saturated carbocycles. The average molecular weight is 368 g/mol. The molecule has 1 amide bonds. The number of hydrogen-bond acceptors (Lipinski definition) is 6. The maximum atomic E-state index is 12.2. The van der Waals surface area contributed by atoms with Crippen LogP contribution < -0.4 is 5.32 Å². The molecule has 124 valence electrons. The number of thioether (sulfide) groups is 2. The van der Waals surface area contributed by atoms with Crippen molar-refractivity contribution in [1.29, 1.82) is 0 Å². The maximum Gasteiger partial charge on any atom is 0.239 e. The molecule has 7 heteroatoms. The molecule has 1 atom stereocenters. The van der Waals surface area contributed by atoms with Crippen LogP contribution in [0.2, 0.25) is 0 Å². The fourth-order valence-corrected chi connectivity index (χ4v) is 4.21. The maximum absolute atomic E-state index is 12.2. The molecule has 2 aromatic rings. The normalized spacial score (nSPS) is 12.3. The molecule has 1 aromatic heterocycles. The summed E-state index contributed by atoms with van der Waals surface area (Å²) < 4.78 is 0.901. The van der Waals surface area contributed by atoms with E-state index >= 15 is 0 Å². The minimum absolute atomic E-state index is 0.0255. The molecule has 0 aliphatic rings. The minimum atomic E-state index is -0.133. The molecule has 0 radical (unpaired) electrons. The van der Waals surface area contributed by atoms with Crippen molar-refractivity contribution in [2.24, 2.45) is 5.92 Å². The predicted molar refractivity (Wildman–Crippen MR) is 101 cm³/mol. The van der Waals surface area contributed by atoms with Crippen molar-refractivity contribution < 1.29 is 4.79 Å². The van der Waals surface area contributed by atoms with Gasteiger partial charge in [-0.25, -0.2) is 0 Å². The van der Waals surface area contributed by atoms with Crippen LogP contribution in [-0.2, 0) is 10.5 Å². The Hall–Kier alpha value is -1.05. The van der Waals surface area contributed by atoms with Crippen LogP contribution in [0.25, 0.3) is 0 Å². The smallest absolute Gasteiger partial charge is 0.239 e. The van der Waals surface area contributed by atoms with Crippen LogP contribution in [0.3, 0.4) is 0 Å². The van der Waals surface area contributed by atoms with Gasteiger partial charge in [-0.15, -0.1) is 22.0 Å². The molecule has 0 aliphatic carbocycles. The topological polar surface area (TPSA) is 54.9 Å². The quantitative estimate of drug-likeness (QED) is 0.548. The van der Waals surface area contributed by atoms with Crippen LogP contribution in [0.5, 0.6) is 0 Å². The molecule has 2 rings (SSSR count). The Labute approximate surface area is 149 Å². The van der Waals surface area contributed by atoms with E-state index in [1.54, 1.807) is 23.5 Å². The van der Waals surface area contributed by atoms with Gasteiger partial charge in [0.1, 0.15) is 0 Å². The van der Waals surface area contributed by atoms with Crippen molar-refractivity contribution in [1.82, 2.24) is 10.2 Å². The number of carbonyl (C=O) groups is 1. The first-order valence-corrected chi connectivity index (χ1v) is 10.3. The van der Waals surface area contributed by atoms with E-state index in [4.69, 9.17) is 0 Å². The molecule has 1 aromatic carbocycles. The number of nitrogens with zero attached hydrogens (tertiary/aromatic N) is 2. The van der Waals surface area contributed by atoms with E-state index in [0.29, 0.717) is 11.0 Å². The van der Waals surface area contributed by atoms with Gasteiger partial charge in [0.25, 0.3) is 0 Å². The summed E-state index contributed by atoms with van der Waals surface area (Å²) in [6.45, 7) is 6.25. The van der Waals surface area contributed by atoms with Gasteiger partial charge in [0, 0.05) is 11.5 Å². The van der Waals surface area contributed by atoms with Gasteiger partial charge in [0.05, 0.1) is 5.25 Å². The number of hydrogen-bond donors (Lipinski definition) is 1. The third-order valence-electron chi connectivity index (χ3n) is 2.89. The van der Waals surface area contributed by atoms with E-state index in [2.05, 4.69) is 41.5 Å². The number of anilines is 1. The molecular formula is C16H21N3OS3. The molecule has 1 N–H and O–H groups in total. The predicted octanol–water partition coefficient (Wildman–Crippen LogP) is 4.55. The zero-order valence-electron chi connectivity index (χ0n) is 13.5. The summed E-state index contributed by atoms with van der Waals surface area (Å²) in [7, 11) is 0. The Morgan fingerprint density at radius 1 is 1.22 bits per heavy atom. The number of nitrogens with one attached hydrogen (secondary N) is 1. The Bertz CT molecular complexity index is 616. The number of aromatic nitrogens is 2. The van der Waals surface area contributed by atoms with Crippen molar-refractivity contribution in [3.05, 3.63) is 35.9 Å². The standard InChI is InChI=1S/C16H21N3OS3/c1-11(2)9-22-16-19-18-15(23-16)17-14(20)12(3)21-10-13-7-5-4-6-8-13/h4-8,11-12H,9-10H2,1-3H3,(H,17,18,20)/t12-/m0/s1. The Balaban J connectivity index is 1.79. The first-order chi connectivity index (χ1) is 11.0. The number of benzene rings is 1. The van der Waals surface area contributed by atoms with Gasteiger partial charge in [0.15, 0.2) is 4.34 Å². The van der Waals surface area contributed by atoms with Crippen LogP contribution in [0.15, 0.2) is 34.7 Å². The molecule has 0 unspecified atom stereocenters. The molecule has 4 nitrogen and oxygen atoms in total. The van der Waals surface area contributed by atoms with E-state index in [-0.39, 0.29) is 11.2 Å². The molecular weight excluding hydrogens is 346 g/mol. The molecule has 0 bridgehead atoms. The number of carbonyl (C=O) groups excluding carboxylic acids is 1. The zero-order chi connectivity index (χ0) is 16.7. The third-order valence-corrected chi connectivity index (χ3v) is 6.50. The lowest BCUT2D eigenvalue weighted by atomic mass is 10.2. The average Bonchev–Trinajstić information content (AvgIpc) is 2.99. The lowest BCUT2D eigenvalue weighted by Crippen LogP contribution is -2.22. The zero-order valence-corrected chi connectivity index (χ0v) is 15.9. The minimum Gasteiger partial charge on any atom is -0.300 e. The lowest BCUT2D eigenvalue weighted by molar-refractivity contribution is -0.115. The number of amides is 1. The lowest BCUT2D eigenvalue weighted by Gasteiger charge is -2.10. The molecule has 0 aliphatic heterocycles. The molecule has 0 saturated heterocycles. The van der Waals surface area contributed by atoms with Crippen LogP contribution in [0.1, 0.15) is 26.3 Å². The highest BCUT2D eigenvalue weighted by atomic mass is 32.2. The second-order valence-electron chi connectivity index (χ2n) is 5.51. The second kappa shape index (κ2) is 9.30. The summed E-state index contributed by atoms with van der Waals surface area (Å²) in [6, 6.07) is 10.2. The summed E-state index contributed by atoms with van der Waals surface area (Å²) >= 11 is 4.73. The largest absolute Gasteiger partial charge is 0.300 e. The number of rotatable bonds is 8.